The topological polar surface area (TPSA) is 42.0 Å². The Morgan fingerprint density at radius 3 is 2.70 bits per heavy atom. The van der Waals surface area contributed by atoms with Crippen LogP contribution in [0.4, 0.5) is 4.39 Å². The fourth-order valence-electron chi connectivity index (χ4n) is 1.85. The molecular formula is C15H14BrFN2O. The molecule has 1 atom stereocenters. The molecule has 0 aliphatic heterocycles. The molecule has 0 saturated heterocycles. The van der Waals surface area contributed by atoms with E-state index >= 15 is 0 Å². The molecule has 2 rings (SSSR count). The number of rotatable bonds is 5. The molecule has 0 aliphatic rings. The quantitative estimate of drug-likeness (QED) is 0.853. The van der Waals surface area contributed by atoms with Crippen LogP contribution >= 0.6 is 15.9 Å². The zero-order valence-corrected chi connectivity index (χ0v) is 12.3. The van der Waals surface area contributed by atoms with Gasteiger partial charge >= 0.3 is 0 Å². The molecule has 0 spiro atoms. The molecule has 20 heavy (non-hydrogen) atoms. The third-order valence-electron chi connectivity index (χ3n) is 2.81. The highest BCUT2D eigenvalue weighted by Crippen LogP contribution is 2.07. The van der Waals surface area contributed by atoms with Crippen LogP contribution in [0.15, 0.2) is 48.8 Å². The largest absolute Gasteiger partial charge is 0.348 e. The molecule has 1 N–H and O–H groups in total. The number of hydrogen-bond acceptors (Lipinski definition) is 2. The molecule has 1 amide bonds. The standard InChI is InChI=1S/C15H14BrFN2O/c16-8-14(6-11-4-2-1-3-5-11)19-15(20)12-7-13(17)10-18-9-12/h1-5,7,9-10,14H,6,8H2,(H,19,20). The summed E-state index contributed by atoms with van der Waals surface area (Å²) in [4.78, 5) is 15.7. The van der Waals surface area contributed by atoms with Gasteiger partial charge in [-0.25, -0.2) is 4.39 Å². The number of alkyl halides is 1. The first-order valence-corrected chi connectivity index (χ1v) is 7.32. The lowest BCUT2D eigenvalue weighted by Crippen LogP contribution is -2.37. The smallest absolute Gasteiger partial charge is 0.253 e. The number of hydrogen-bond donors (Lipinski definition) is 1. The SMILES string of the molecule is O=C(NC(CBr)Cc1ccccc1)c1cncc(F)c1. The number of pyridine rings is 1. The molecule has 1 aromatic heterocycles. The number of carbonyl (C=O) groups is 1. The number of nitrogens with one attached hydrogen (secondary N) is 1. The predicted molar refractivity (Wildman–Crippen MR) is 79.4 cm³/mol. The van der Waals surface area contributed by atoms with Crippen molar-refractivity contribution >= 4 is 21.8 Å². The monoisotopic (exact) mass is 336 g/mol. The van der Waals surface area contributed by atoms with E-state index in [9.17, 15) is 9.18 Å². The molecule has 5 heteroatoms. The van der Waals surface area contributed by atoms with E-state index in [1.54, 1.807) is 0 Å². The molecule has 2 aromatic rings. The fourth-order valence-corrected chi connectivity index (χ4v) is 2.24. The van der Waals surface area contributed by atoms with Gasteiger partial charge in [-0.05, 0) is 18.1 Å². The van der Waals surface area contributed by atoms with Crippen LogP contribution in [0.1, 0.15) is 15.9 Å². The Bertz CT molecular complexity index is 577. The fraction of sp³-hybridized carbons (Fsp3) is 0.200. The number of amides is 1. The van der Waals surface area contributed by atoms with Crippen molar-refractivity contribution in [3.63, 3.8) is 0 Å². The molecule has 0 radical (unpaired) electrons. The molecule has 1 unspecified atom stereocenters. The van der Waals surface area contributed by atoms with Crippen molar-refractivity contribution in [2.45, 2.75) is 12.5 Å². The second-order valence-electron chi connectivity index (χ2n) is 4.41. The van der Waals surface area contributed by atoms with Gasteiger partial charge in [0.25, 0.3) is 5.91 Å². The van der Waals surface area contributed by atoms with E-state index in [0.717, 1.165) is 11.8 Å². The third-order valence-corrected chi connectivity index (χ3v) is 3.60. The van der Waals surface area contributed by atoms with Crippen molar-refractivity contribution < 1.29 is 9.18 Å². The molecular weight excluding hydrogens is 323 g/mol. The maximum Gasteiger partial charge on any atom is 0.253 e. The summed E-state index contributed by atoms with van der Waals surface area (Å²) in [6.07, 6.45) is 3.13. The zero-order valence-electron chi connectivity index (χ0n) is 10.7. The van der Waals surface area contributed by atoms with Gasteiger partial charge in [-0.2, -0.15) is 0 Å². The predicted octanol–water partition coefficient (Wildman–Crippen LogP) is 2.96. The Kier molecular flexibility index (Phi) is 5.24. The summed E-state index contributed by atoms with van der Waals surface area (Å²) in [6, 6.07) is 11.0. The summed E-state index contributed by atoms with van der Waals surface area (Å²) in [5, 5.41) is 3.49. The number of carbonyl (C=O) groups excluding carboxylic acids is 1. The molecule has 0 aliphatic carbocycles. The summed E-state index contributed by atoms with van der Waals surface area (Å²) in [5.74, 6) is -0.839. The van der Waals surface area contributed by atoms with Crippen molar-refractivity contribution in [1.82, 2.24) is 10.3 Å². The average molecular weight is 337 g/mol. The first-order chi connectivity index (χ1) is 9.69. The van der Waals surface area contributed by atoms with Crippen molar-refractivity contribution in [2.75, 3.05) is 5.33 Å². The average Bonchev–Trinajstić information content (AvgIpc) is 2.47. The lowest BCUT2D eigenvalue weighted by Gasteiger charge is -2.16. The lowest BCUT2D eigenvalue weighted by atomic mass is 10.1. The number of nitrogens with zero attached hydrogens (tertiary/aromatic N) is 1. The summed E-state index contributed by atoms with van der Waals surface area (Å²) >= 11 is 3.38. The van der Waals surface area contributed by atoms with E-state index in [-0.39, 0.29) is 17.5 Å². The maximum absolute atomic E-state index is 13.0. The second kappa shape index (κ2) is 7.14. The van der Waals surface area contributed by atoms with E-state index in [1.807, 2.05) is 30.3 Å². The minimum absolute atomic E-state index is 0.0619. The van der Waals surface area contributed by atoms with Crippen LogP contribution in [-0.2, 0) is 6.42 Å². The lowest BCUT2D eigenvalue weighted by molar-refractivity contribution is 0.0940. The van der Waals surface area contributed by atoms with Crippen molar-refractivity contribution in [3.8, 4) is 0 Å². The molecule has 104 valence electrons. The van der Waals surface area contributed by atoms with Crippen LogP contribution in [0.3, 0.4) is 0 Å². The van der Waals surface area contributed by atoms with Gasteiger partial charge in [0, 0.05) is 17.6 Å². The van der Waals surface area contributed by atoms with Crippen molar-refractivity contribution in [2.24, 2.45) is 0 Å². The van der Waals surface area contributed by atoms with Crippen LogP contribution in [0.2, 0.25) is 0 Å². The molecule has 1 aromatic carbocycles. The normalized spacial score (nSPS) is 11.9. The van der Waals surface area contributed by atoms with Gasteiger partial charge in [-0.15, -0.1) is 0 Å². The summed E-state index contributed by atoms with van der Waals surface area (Å²) in [6.45, 7) is 0. The zero-order chi connectivity index (χ0) is 14.4. The van der Waals surface area contributed by atoms with Crippen molar-refractivity contribution in [1.29, 1.82) is 0 Å². The van der Waals surface area contributed by atoms with E-state index < -0.39 is 5.82 Å². The van der Waals surface area contributed by atoms with E-state index in [1.165, 1.54) is 12.3 Å². The van der Waals surface area contributed by atoms with Gasteiger partial charge in [-0.1, -0.05) is 46.3 Å². The van der Waals surface area contributed by atoms with Gasteiger partial charge < -0.3 is 5.32 Å². The molecule has 0 bridgehead atoms. The van der Waals surface area contributed by atoms with E-state index in [4.69, 9.17) is 0 Å². The highest BCUT2D eigenvalue weighted by Gasteiger charge is 2.14. The van der Waals surface area contributed by atoms with Gasteiger partial charge in [0.15, 0.2) is 0 Å². The molecule has 0 saturated carbocycles. The minimum atomic E-state index is -0.517. The van der Waals surface area contributed by atoms with Crippen LogP contribution in [0.5, 0.6) is 0 Å². The highest BCUT2D eigenvalue weighted by atomic mass is 79.9. The minimum Gasteiger partial charge on any atom is -0.348 e. The second-order valence-corrected chi connectivity index (χ2v) is 5.05. The molecule has 1 heterocycles. The van der Waals surface area contributed by atoms with Crippen molar-refractivity contribution in [3.05, 3.63) is 65.7 Å². The summed E-state index contributed by atoms with van der Waals surface area (Å²) < 4.78 is 13.0. The van der Waals surface area contributed by atoms with E-state index in [2.05, 4.69) is 26.2 Å². The van der Waals surface area contributed by atoms with E-state index in [0.29, 0.717) is 11.8 Å². The van der Waals surface area contributed by atoms with Gasteiger partial charge in [-0.3, -0.25) is 9.78 Å². The van der Waals surface area contributed by atoms with Crippen LogP contribution < -0.4 is 5.32 Å². The Morgan fingerprint density at radius 2 is 2.05 bits per heavy atom. The maximum atomic E-state index is 13.0. The first kappa shape index (κ1) is 14.7. The Labute approximate surface area is 125 Å². The van der Waals surface area contributed by atoms with Crippen LogP contribution in [0, 0.1) is 5.82 Å². The van der Waals surface area contributed by atoms with Gasteiger partial charge in [0.1, 0.15) is 5.82 Å². The highest BCUT2D eigenvalue weighted by molar-refractivity contribution is 9.09. The third kappa shape index (κ3) is 4.13. The summed E-state index contributed by atoms with van der Waals surface area (Å²) in [7, 11) is 0. The number of benzene rings is 1. The van der Waals surface area contributed by atoms with Gasteiger partial charge in [0.05, 0.1) is 11.8 Å². The Hall–Kier alpha value is -1.75. The molecule has 3 nitrogen and oxygen atoms in total. The Balaban J connectivity index is 2.01. The molecule has 0 fully saturated rings. The number of aromatic nitrogens is 1. The van der Waals surface area contributed by atoms with Crippen LogP contribution in [-0.4, -0.2) is 22.3 Å². The Morgan fingerprint density at radius 1 is 1.30 bits per heavy atom. The first-order valence-electron chi connectivity index (χ1n) is 6.20. The van der Waals surface area contributed by atoms with Gasteiger partial charge in [0.2, 0.25) is 0 Å². The van der Waals surface area contributed by atoms with Crippen LogP contribution in [0.25, 0.3) is 0 Å². The number of halogens is 2. The summed E-state index contributed by atoms with van der Waals surface area (Å²) in [5.41, 5.74) is 1.36.